The molecule has 0 fully saturated rings. The summed E-state index contributed by atoms with van der Waals surface area (Å²) >= 11 is 0. The van der Waals surface area contributed by atoms with Crippen LogP contribution in [0, 0.1) is 0 Å². The van der Waals surface area contributed by atoms with Crippen molar-refractivity contribution in [3.63, 3.8) is 0 Å². The van der Waals surface area contributed by atoms with E-state index in [0.29, 0.717) is 0 Å². The second-order valence-electron chi connectivity index (χ2n) is 11.3. The highest BCUT2D eigenvalue weighted by atomic mass is 16.3. The summed E-state index contributed by atoms with van der Waals surface area (Å²) < 4.78 is 278. The van der Waals surface area contributed by atoms with E-state index in [2.05, 4.69) is 0 Å². The van der Waals surface area contributed by atoms with Gasteiger partial charge < -0.3 is 4.42 Å². The molecule has 0 spiro atoms. The molecule has 1 aromatic heterocycles. The highest BCUT2D eigenvalue weighted by Crippen LogP contribution is 2.46. The van der Waals surface area contributed by atoms with Gasteiger partial charge in [-0.05, 0) is 117 Å². The van der Waals surface area contributed by atoms with Crippen LogP contribution in [0.5, 0.6) is 0 Å². The number of rotatable bonds is 3. The number of fused-ring (bicyclic) bond motifs is 9. The van der Waals surface area contributed by atoms with Crippen molar-refractivity contribution in [2.75, 3.05) is 0 Å². The molecular weight excluding hydrogens is 617 g/mol. The molecule has 0 saturated carbocycles. The molecule has 1 heterocycles. The maximum absolute atomic E-state index is 9.75. The van der Waals surface area contributed by atoms with Gasteiger partial charge in [-0.15, -0.1) is 0 Å². The highest BCUT2D eigenvalue weighted by molar-refractivity contribution is 6.24. The van der Waals surface area contributed by atoms with Gasteiger partial charge in [0.1, 0.15) is 11.2 Å². The molecule has 0 bridgehead atoms. The largest absolute Gasteiger partial charge is 0.456 e. The highest BCUT2D eigenvalue weighted by Gasteiger charge is 2.19. The summed E-state index contributed by atoms with van der Waals surface area (Å²) in [5, 5.41) is -7.51. The fourth-order valence-electron chi connectivity index (χ4n) is 6.32. The first-order chi connectivity index (χ1) is 37.8. The van der Waals surface area contributed by atoms with E-state index in [9.17, 15) is 20.6 Å². The molecule has 0 aliphatic heterocycles. The predicted molar refractivity (Wildman–Crippen MR) is 218 cm³/mol. The topological polar surface area (TPSA) is 13.1 Å². The van der Waals surface area contributed by atoms with Crippen molar-refractivity contribution in [1.29, 1.82) is 0 Å². The van der Waals surface area contributed by atoms with E-state index in [4.69, 9.17) is 25.0 Å². The fourth-order valence-corrected chi connectivity index (χ4v) is 6.32. The minimum atomic E-state index is -1.08. The Hall–Kier alpha value is -6.70. The molecule has 1 heteroatoms. The molecular formula is C50H30O. The van der Waals surface area contributed by atoms with Gasteiger partial charge in [-0.25, -0.2) is 0 Å². The van der Waals surface area contributed by atoms with Crippen LogP contribution < -0.4 is 0 Å². The van der Waals surface area contributed by atoms with E-state index in [1.807, 2.05) is 0 Å². The Kier molecular flexibility index (Phi) is 2.50. The number of hydrogen-bond donors (Lipinski definition) is 0. The van der Waals surface area contributed by atoms with Crippen molar-refractivity contribution in [3.8, 4) is 33.4 Å². The Morgan fingerprint density at radius 2 is 0.863 bits per heavy atom. The number of benzene rings is 10. The zero-order valence-corrected chi connectivity index (χ0v) is 25.4. The zero-order chi connectivity index (χ0) is 59.6. The van der Waals surface area contributed by atoms with Gasteiger partial charge in [0, 0.05) is 10.8 Å². The lowest BCUT2D eigenvalue weighted by Crippen LogP contribution is -1.92. The summed E-state index contributed by atoms with van der Waals surface area (Å²) in [6.07, 6.45) is 0. The first kappa shape index (κ1) is 11.7. The monoisotopic (exact) mass is 676 g/mol. The molecule has 0 aliphatic rings. The third kappa shape index (κ3) is 4.28. The van der Waals surface area contributed by atoms with Crippen LogP contribution in [0.2, 0.25) is 0 Å². The van der Waals surface area contributed by atoms with Gasteiger partial charge in [-0.3, -0.25) is 0 Å². The van der Waals surface area contributed by atoms with Crippen molar-refractivity contribution in [2.24, 2.45) is 0 Å². The summed E-state index contributed by atoms with van der Waals surface area (Å²) in [4.78, 5) is 0. The second-order valence-corrected chi connectivity index (χ2v) is 11.3. The molecule has 0 radical (unpaired) electrons. The zero-order valence-electron chi connectivity index (χ0n) is 55.4. The van der Waals surface area contributed by atoms with Crippen LogP contribution in [-0.4, -0.2) is 0 Å². The average Bonchev–Trinajstić information content (AvgIpc) is 4.04. The van der Waals surface area contributed by atoms with E-state index in [1.54, 1.807) is 0 Å². The Morgan fingerprint density at radius 3 is 1.63 bits per heavy atom. The summed E-state index contributed by atoms with van der Waals surface area (Å²) in [6, 6.07) is -27.8. The van der Waals surface area contributed by atoms with Crippen LogP contribution in [0.15, 0.2) is 186 Å². The first-order valence-corrected chi connectivity index (χ1v) is 15.2. The van der Waals surface area contributed by atoms with Gasteiger partial charge in [0.2, 0.25) is 0 Å². The Morgan fingerprint density at radius 1 is 0.314 bits per heavy atom. The molecule has 51 heavy (non-hydrogen) atoms. The molecule has 1 nitrogen and oxygen atoms in total. The van der Waals surface area contributed by atoms with E-state index in [0.717, 1.165) is 0 Å². The van der Waals surface area contributed by atoms with Crippen LogP contribution in [0.1, 0.15) is 41.1 Å². The third-order valence-corrected chi connectivity index (χ3v) is 8.51. The maximum atomic E-state index is 9.75. The Bertz CT molecular complexity index is 4850. The summed E-state index contributed by atoms with van der Waals surface area (Å²) in [6.45, 7) is 0. The Labute approximate surface area is 336 Å². The van der Waals surface area contributed by atoms with E-state index in [1.165, 1.54) is 0 Å². The lowest BCUT2D eigenvalue weighted by molar-refractivity contribution is 0.669. The number of hydrogen-bond acceptors (Lipinski definition) is 1. The van der Waals surface area contributed by atoms with Crippen molar-refractivity contribution in [1.82, 2.24) is 0 Å². The smallest absolute Gasteiger partial charge is 0.136 e. The molecule has 11 aromatic rings. The van der Waals surface area contributed by atoms with Gasteiger partial charge in [0.15, 0.2) is 0 Å². The molecule has 0 saturated heterocycles. The van der Waals surface area contributed by atoms with Crippen molar-refractivity contribution >= 4 is 75.8 Å². The van der Waals surface area contributed by atoms with Crippen LogP contribution >= 0.6 is 0 Å². The third-order valence-electron chi connectivity index (χ3n) is 8.51. The fraction of sp³-hybridized carbons (Fsp3) is 0. The molecule has 0 amide bonds. The Balaban J connectivity index is 1.35. The average molecular weight is 677 g/mol. The lowest BCUT2D eigenvalue weighted by Gasteiger charge is -2.19. The molecule has 11 rings (SSSR count). The van der Waals surface area contributed by atoms with Gasteiger partial charge >= 0.3 is 0 Å². The van der Waals surface area contributed by atoms with Crippen LogP contribution in [0.3, 0.4) is 0 Å². The van der Waals surface area contributed by atoms with Crippen molar-refractivity contribution in [3.05, 3.63) is 181 Å². The van der Waals surface area contributed by atoms with E-state index < -0.39 is 280 Å². The predicted octanol–water partition coefficient (Wildman–Crippen LogP) is 14.4. The molecule has 10 aromatic carbocycles. The van der Waals surface area contributed by atoms with Gasteiger partial charge in [0.05, 0.1) is 41.1 Å². The van der Waals surface area contributed by atoms with Crippen molar-refractivity contribution in [2.45, 2.75) is 0 Å². The quantitative estimate of drug-likeness (QED) is 0.170. The lowest BCUT2D eigenvalue weighted by atomic mass is 9.84. The maximum Gasteiger partial charge on any atom is 0.136 e. The van der Waals surface area contributed by atoms with Gasteiger partial charge in [0.25, 0.3) is 0 Å². The molecule has 0 aliphatic carbocycles. The van der Waals surface area contributed by atoms with Gasteiger partial charge in [-0.1, -0.05) is 151 Å². The summed E-state index contributed by atoms with van der Waals surface area (Å²) in [7, 11) is 0. The van der Waals surface area contributed by atoms with Crippen molar-refractivity contribution < 1.29 is 45.5 Å². The first-order valence-electron chi connectivity index (χ1n) is 30.2. The minimum Gasteiger partial charge on any atom is -0.456 e. The van der Waals surface area contributed by atoms with Crippen LogP contribution in [0.4, 0.5) is 0 Å². The minimum absolute atomic E-state index is 0.337. The molecule has 0 N–H and O–H groups in total. The summed E-state index contributed by atoms with van der Waals surface area (Å²) in [5.41, 5.74) is -5.91. The van der Waals surface area contributed by atoms with Crippen LogP contribution in [-0.2, 0) is 0 Å². The molecule has 0 unspecified atom stereocenters. The molecule has 0 atom stereocenters. The SMILES string of the molecule is [2H]c1c([2H])c([2H])c2c([2H])c(-c3c4c([2H])c([2H])c([2H])c([2H])c4c(-c4c([2H])c([2H])c([2H])c5c([2H])c(-c6c([2H])c([2H])c7c(oc8c([2H])c([2H])c9c([2H])c([2H])c([2H])c([2H])c9c87)c6[2H])c([2H])c([2H])c45)c4c([2H])c([2H])c([2H])c([2H])c34)c([2H])c([2H])c2c1[2H]. The van der Waals surface area contributed by atoms with E-state index in [-0.39, 0.29) is 10.8 Å². The second kappa shape index (κ2) is 10.9. The van der Waals surface area contributed by atoms with Crippen LogP contribution in [0.25, 0.3) is 109 Å². The summed E-state index contributed by atoms with van der Waals surface area (Å²) in [5.74, 6) is 0. The number of furan rings is 1. The van der Waals surface area contributed by atoms with E-state index >= 15 is 0 Å². The normalized spacial score (nSPS) is 20.2. The van der Waals surface area contributed by atoms with Gasteiger partial charge in [-0.2, -0.15) is 0 Å². The standard InChI is InChI=1S/C50H30O/c1-2-12-33-29-37(21-20-31(33)10-1)48-41-15-5-7-17-43(41)49(44-18-8-6-16-42(44)48)40-19-9-13-36-28-34(22-25-38(36)40)35-23-26-45-47(30-35)51-46-27-24-32-11-3-4-14-39(32)50(45)46/h1-30H/i1D,2D,3D,4D,5D,6D,7D,8D,9D,10D,11D,12D,13D,14D,15D,16D,17D,18D,19D,20D,21D,22D,23D,24D,25D,26D,27D,28D,29D,30D. The molecule has 236 valence electrons.